The number of carbonyl (C=O) groups excluding carboxylic acids is 2. The van der Waals surface area contributed by atoms with Crippen molar-refractivity contribution >= 4 is 27.7 Å². The van der Waals surface area contributed by atoms with E-state index in [1.165, 1.54) is 6.20 Å². The third-order valence-electron chi connectivity index (χ3n) is 3.65. The fourth-order valence-electron chi connectivity index (χ4n) is 2.32. The Morgan fingerprint density at radius 3 is 2.28 bits per heavy atom. The van der Waals surface area contributed by atoms with Gasteiger partial charge < -0.3 is 0 Å². The number of halogens is 1. The molecular weight excluding hydrogens is 384 g/mol. The largest absolute Gasteiger partial charge is 0.273 e. The number of nitrogens with zero attached hydrogens (tertiary/aromatic N) is 2. The van der Waals surface area contributed by atoms with Gasteiger partial charge in [0.2, 0.25) is 0 Å². The van der Waals surface area contributed by atoms with Gasteiger partial charge in [-0.25, -0.2) is 4.68 Å². The Bertz CT molecular complexity index is 905. The Balaban J connectivity index is 1.71. The van der Waals surface area contributed by atoms with Crippen molar-refractivity contribution in [3.05, 3.63) is 82.1 Å². The van der Waals surface area contributed by atoms with E-state index < -0.39 is 5.91 Å². The molecule has 0 radical (unpaired) electrons. The molecule has 0 fully saturated rings. The summed E-state index contributed by atoms with van der Waals surface area (Å²) in [6, 6.07) is 16.2. The number of carbonyl (C=O) groups is 2. The second-order valence-corrected chi connectivity index (χ2v) is 6.22. The van der Waals surface area contributed by atoms with E-state index in [1.54, 1.807) is 35.9 Å². The van der Waals surface area contributed by atoms with E-state index in [4.69, 9.17) is 0 Å². The van der Waals surface area contributed by atoms with Crippen molar-refractivity contribution in [2.45, 2.75) is 6.92 Å². The lowest BCUT2D eigenvalue weighted by Crippen LogP contribution is -2.41. The van der Waals surface area contributed by atoms with Gasteiger partial charge in [0.05, 0.1) is 23.1 Å². The van der Waals surface area contributed by atoms with Crippen molar-refractivity contribution in [3.8, 4) is 5.69 Å². The Morgan fingerprint density at radius 2 is 1.60 bits per heavy atom. The zero-order valence-corrected chi connectivity index (χ0v) is 14.9. The van der Waals surface area contributed by atoms with Crippen LogP contribution in [0.1, 0.15) is 26.4 Å². The number of benzene rings is 2. The topological polar surface area (TPSA) is 76.0 Å². The van der Waals surface area contributed by atoms with Crippen LogP contribution >= 0.6 is 15.9 Å². The van der Waals surface area contributed by atoms with Crippen LogP contribution in [0.3, 0.4) is 0 Å². The molecule has 3 aromatic rings. The highest BCUT2D eigenvalue weighted by molar-refractivity contribution is 9.10. The maximum atomic E-state index is 12.3. The minimum absolute atomic E-state index is 0.382. The molecule has 0 saturated heterocycles. The fourth-order valence-corrected chi connectivity index (χ4v) is 2.58. The van der Waals surface area contributed by atoms with Crippen LogP contribution in [0.15, 0.2) is 65.3 Å². The number of aromatic nitrogens is 2. The Morgan fingerprint density at radius 1 is 0.960 bits per heavy atom. The molecule has 2 aromatic carbocycles. The molecule has 0 spiro atoms. The van der Waals surface area contributed by atoms with Gasteiger partial charge >= 0.3 is 0 Å². The van der Waals surface area contributed by atoms with Crippen LogP contribution in [0.5, 0.6) is 0 Å². The first kappa shape index (κ1) is 16.9. The van der Waals surface area contributed by atoms with E-state index >= 15 is 0 Å². The third-order valence-corrected chi connectivity index (χ3v) is 4.18. The lowest BCUT2D eigenvalue weighted by molar-refractivity contribution is 0.0846. The fraction of sp³-hybridized carbons (Fsp3) is 0.0556. The summed E-state index contributed by atoms with van der Waals surface area (Å²) in [4.78, 5) is 24.3. The summed E-state index contributed by atoms with van der Waals surface area (Å²) in [7, 11) is 0. The van der Waals surface area contributed by atoms with Gasteiger partial charge in [-0.2, -0.15) is 5.10 Å². The average Bonchev–Trinajstić information content (AvgIpc) is 3.02. The highest BCUT2D eigenvalue weighted by Crippen LogP contribution is 2.17. The maximum Gasteiger partial charge on any atom is 0.273 e. The first-order chi connectivity index (χ1) is 12.1. The van der Waals surface area contributed by atoms with Gasteiger partial charge in [0.25, 0.3) is 11.8 Å². The van der Waals surface area contributed by atoms with E-state index in [1.807, 2.05) is 30.3 Å². The van der Waals surface area contributed by atoms with E-state index in [0.717, 1.165) is 10.2 Å². The van der Waals surface area contributed by atoms with Crippen LogP contribution in [0.2, 0.25) is 0 Å². The van der Waals surface area contributed by atoms with Gasteiger partial charge in [-0.15, -0.1) is 0 Å². The Labute approximate surface area is 153 Å². The van der Waals surface area contributed by atoms with Crippen molar-refractivity contribution in [2.75, 3.05) is 0 Å². The Kier molecular flexibility index (Phi) is 4.95. The summed E-state index contributed by atoms with van der Waals surface area (Å²) >= 11 is 3.38. The normalized spacial score (nSPS) is 10.3. The second kappa shape index (κ2) is 7.31. The summed E-state index contributed by atoms with van der Waals surface area (Å²) in [6.07, 6.45) is 1.47. The minimum atomic E-state index is -0.426. The smallest absolute Gasteiger partial charge is 0.267 e. The number of hydrazine groups is 1. The lowest BCUT2D eigenvalue weighted by atomic mass is 10.2. The van der Waals surface area contributed by atoms with Crippen molar-refractivity contribution < 1.29 is 9.59 Å². The van der Waals surface area contributed by atoms with Gasteiger partial charge in [0, 0.05) is 10.0 Å². The molecule has 25 heavy (non-hydrogen) atoms. The molecule has 7 heteroatoms. The van der Waals surface area contributed by atoms with Crippen LogP contribution in [0.4, 0.5) is 0 Å². The summed E-state index contributed by atoms with van der Waals surface area (Å²) in [5.41, 5.74) is 7.18. The first-order valence-electron chi connectivity index (χ1n) is 7.52. The molecule has 1 aromatic heterocycles. The van der Waals surface area contributed by atoms with Gasteiger partial charge in [0.15, 0.2) is 0 Å². The highest BCUT2D eigenvalue weighted by Gasteiger charge is 2.16. The van der Waals surface area contributed by atoms with Gasteiger partial charge in [-0.1, -0.05) is 34.1 Å². The van der Waals surface area contributed by atoms with Crippen LogP contribution in [-0.4, -0.2) is 21.6 Å². The summed E-state index contributed by atoms with van der Waals surface area (Å²) in [5, 5.41) is 4.25. The standard InChI is InChI=1S/C18H15BrN4O2/c1-12-16(11-20-23(12)15-9-7-14(19)8-10-15)18(25)22-21-17(24)13-5-3-2-4-6-13/h2-11H,1H3,(H,21,24)(H,22,25). The second-order valence-electron chi connectivity index (χ2n) is 5.31. The molecule has 0 aliphatic rings. The van der Waals surface area contributed by atoms with E-state index in [0.29, 0.717) is 16.8 Å². The lowest BCUT2D eigenvalue weighted by Gasteiger charge is -2.08. The Hall–Kier alpha value is -2.93. The zero-order chi connectivity index (χ0) is 17.8. The van der Waals surface area contributed by atoms with Gasteiger partial charge in [-0.3, -0.25) is 20.4 Å². The molecule has 0 atom stereocenters. The van der Waals surface area contributed by atoms with E-state index in [9.17, 15) is 9.59 Å². The third kappa shape index (κ3) is 3.77. The van der Waals surface area contributed by atoms with E-state index in [-0.39, 0.29) is 5.91 Å². The molecule has 2 amide bonds. The summed E-state index contributed by atoms with van der Waals surface area (Å²) in [6.45, 7) is 1.79. The minimum Gasteiger partial charge on any atom is -0.267 e. The molecule has 126 valence electrons. The van der Waals surface area contributed by atoms with Crippen LogP contribution < -0.4 is 10.9 Å². The maximum absolute atomic E-state index is 12.3. The van der Waals surface area contributed by atoms with Gasteiger partial charge in [-0.05, 0) is 43.3 Å². The number of nitrogens with one attached hydrogen (secondary N) is 2. The van der Waals surface area contributed by atoms with Crippen molar-refractivity contribution in [3.63, 3.8) is 0 Å². The van der Waals surface area contributed by atoms with Crippen molar-refractivity contribution in [2.24, 2.45) is 0 Å². The number of amides is 2. The average molecular weight is 399 g/mol. The predicted octanol–water partition coefficient (Wildman–Crippen LogP) is 3.02. The van der Waals surface area contributed by atoms with Crippen LogP contribution in [0.25, 0.3) is 5.69 Å². The molecule has 0 saturated carbocycles. The SMILES string of the molecule is Cc1c(C(=O)NNC(=O)c2ccccc2)cnn1-c1ccc(Br)cc1. The number of hydrogen-bond donors (Lipinski definition) is 2. The quantitative estimate of drug-likeness (QED) is 0.665. The van der Waals surface area contributed by atoms with Crippen molar-refractivity contribution in [1.29, 1.82) is 0 Å². The summed E-state index contributed by atoms with van der Waals surface area (Å²) in [5.74, 6) is -0.808. The van der Waals surface area contributed by atoms with E-state index in [2.05, 4.69) is 31.9 Å². The predicted molar refractivity (Wildman–Crippen MR) is 97.4 cm³/mol. The zero-order valence-electron chi connectivity index (χ0n) is 13.4. The highest BCUT2D eigenvalue weighted by atomic mass is 79.9. The molecule has 6 nitrogen and oxygen atoms in total. The molecule has 0 unspecified atom stereocenters. The number of hydrogen-bond acceptors (Lipinski definition) is 3. The molecule has 2 N–H and O–H groups in total. The molecule has 3 rings (SSSR count). The first-order valence-corrected chi connectivity index (χ1v) is 8.32. The van der Waals surface area contributed by atoms with Crippen LogP contribution in [-0.2, 0) is 0 Å². The molecule has 0 bridgehead atoms. The van der Waals surface area contributed by atoms with Gasteiger partial charge in [0.1, 0.15) is 0 Å². The molecule has 1 heterocycles. The van der Waals surface area contributed by atoms with Crippen molar-refractivity contribution in [1.82, 2.24) is 20.6 Å². The molecular formula is C18H15BrN4O2. The summed E-state index contributed by atoms with van der Waals surface area (Å²) < 4.78 is 2.63. The number of rotatable bonds is 3. The monoisotopic (exact) mass is 398 g/mol. The molecule has 0 aliphatic carbocycles. The molecule has 0 aliphatic heterocycles. The van der Waals surface area contributed by atoms with Crippen LogP contribution in [0, 0.1) is 6.92 Å².